The van der Waals surface area contributed by atoms with Gasteiger partial charge in [-0.25, -0.2) is 9.59 Å². The predicted octanol–water partition coefficient (Wildman–Crippen LogP) is -1.18. The molecule has 44 nitrogen and oxygen atoms in total. The SMILES string of the molecule is CCCCCCCC/C=C\CCCCCCCCCCCCCC(=O)N[C@@H](CO[C@@H]1OC(CO)[C@@H](O[C@@H]2OC(CO)[C@H](O[C@@H]3OC(CO)[C@H](O)[C@H](O[C@@H]4OC(CO)[C@H](O)[C@H](O[C@]5(C(=O)O)CC(O)[C@@H](NC(C)=O)C([C@H](O)[C@H](O)COC(C)=O)O5)C4O)C3NC(C)=O)[C@H](O[C@]3(C(=O)O)CC(O)[C@@H](NC(C)=O)C([C@H](O)[C@H](O)CO)O3)C2O)[C@H](O)C1O)[C@H](O)/C=C/CCCCCCCCCCCCC. The van der Waals surface area contributed by atoms with Crippen molar-refractivity contribution >= 4 is 41.5 Å². The molecule has 0 aromatic rings. The third-order valence-electron chi connectivity index (χ3n) is 25.5. The molecule has 6 saturated heterocycles. The van der Waals surface area contributed by atoms with Crippen LogP contribution >= 0.6 is 0 Å². The number of rotatable bonds is 65. The highest BCUT2D eigenvalue weighted by atomic mass is 16.8. The number of aliphatic hydroxyl groups is 18. The highest BCUT2D eigenvalue weighted by Gasteiger charge is 2.64. The number of hydrogen-bond donors (Lipinski definition) is 24. The van der Waals surface area contributed by atoms with Crippen LogP contribution < -0.4 is 21.3 Å². The summed E-state index contributed by atoms with van der Waals surface area (Å²) in [4.78, 5) is 91.8. The third-order valence-corrected chi connectivity index (χ3v) is 25.5. The molecule has 4 amide bonds. The van der Waals surface area contributed by atoms with E-state index in [1.165, 1.54) is 109 Å². The molecule has 34 atom stereocenters. The molecule has 0 aromatic heterocycles. The number of amides is 4. The summed E-state index contributed by atoms with van der Waals surface area (Å²) < 4.78 is 77.5. The second-order valence-electron chi connectivity index (χ2n) is 36.6. The lowest BCUT2D eigenvalue weighted by atomic mass is 9.88. The van der Waals surface area contributed by atoms with Crippen LogP contribution in [0.15, 0.2) is 24.3 Å². The van der Waals surface area contributed by atoms with Gasteiger partial charge in [0.05, 0.1) is 76.1 Å². The lowest BCUT2D eigenvalue weighted by Gasteiger charge is -2.53. The summed E-state index contributed by atoms with van der Waals surface area (Å²) in [7, 11) is 0. The van der Waals surface area contributed by atoms with Gasteiger partial charge in [0.25, 0.3) is 11.6 Å². The molecule has 6 aliphatic rings. The lowest BCUT2D eigenvalue weighted by Crippen LogP contribution is -2.72. The number of hydrogen-bond acceptors (Lipinski definition) is 38. The fourth-order valence-electron chi connectivity index (χ4n) is 17.9. The average Bonchev–Trinajstić information content (AvgIpc) is 0.748. The zero-order valence-corrected chi connectivity index (χ0v) is 79.4. The molecule has 24 N–H and O–H groups in total. The number of aliphatic hydroxyl groups excluding tert-OH is 18. The monoisotopic (exact) mass is 1960 g/mol. The van der Waals surface area contributed by atoms with E-state index >= 15 is 0 Å². The zero-order chi connectivity index (χ0) is 100. The quantitative estimate of drug-likeness (QED) is 0.0194. The minimum Gasteiger partial charge on any atom is -0.477 e. The number of carbonyl (C=O) groups is 7. The molecule has 44 heteroatoms. The normalized spacial score (nSPS) is 33.6. The lowest BCUT2D eigenvalue weighted by molar-refractivity contribution is -0.405. The van der Waals surface area contributed by atoms with Gasteiger partial charge in [0.15, 0.2) is 25.2 Å². The summed E-state index contributed by atoms with van der Waals surface area (Å²) in [5.41, 5.74) is 0. The Morgan fingerprint density at radius 1 is 0.397 bits per heavy atom. The van der Waals surface area contributed by atoms with Crippen molar-refractivity contribution in [2.75, 3.05) is 46.2 Å². The molecule has 0 bridgehead atoms. The molecule has 0 aromatic carbocycles. The van der Waals surface area contributed by atoms with Crippen LogP contribution in [0.2, 0.25) is 0 Å². The molecule has 6 heterocycles. The van der Waals surface area contributed by atoms with Crippen molar-refractivity contribution < 1.29 is 197 Å². The number of carboxylic acids is 2. The first-order chi connectivity index (χ1) is 64.9. The summed E-state index contributed by atoms with van der Waals surface area (Å²) in [5.74, 6) is -15.6. The van der Waals surface area contributed by atoms with Crippen molar-refractivity contribution in [3.63, 3.8) is 0 Å². The number of unbranched alkanes of at least 4 members (excludes halogenated alkanes) is 28. The van der Waals surface area contributed by atoms with Crippen LogP contribution in [0.25, 0.3) is 0 Å². The van der Waals surface area contributed by atoms with Crippen LogP contribution in [0.4, 0.5) is 0 Å². The van der Waals surface area contributed by atoms with Crippen LogP contribution in [0.5, 0.6) is 0 Å². The Labute approximate surface area is 794 Å². The third kappa shape index (κ3) is 36.8. The molecule has 0 radical (unpaired) electrons. The number of ether oxygens (including phenoxy) is 13. The minimum atomic E-state index is -3.51. The van der Waals surface area contributed by atoms with E-state index in [-0.39, 0.29) is 6.42 Å². The Morgan fingerprint density at radius 2 is 0.772 bits per heavy atom. The van der Waals surface area contributed by atoms with E-state index in [4.69, 9.17) is 61.6 Å². The molecule has 6 rings (SSSR count). The van der Waals surface area contributed by atoms with E-state index in [1.54, 1.807) is 6.08 Å². The van der Waals surface area contributed by atoms with Gasteiger partial charge in [-0.3, -0.25) is 24.0 Å². The molecule has 6 aliphatic heterocycles. The second-order valence-corrected chi connectivity index (χ2v) is 36.6. The van der Waals surface area contributed by atoms with Crippen molar-refractivity contribution in [1.82, 2.24) is 21.3 Å². The molecular weight excluding hydrogens is 1800 g/mol. The van der Waals surface area contributed by atoms with Crippen molar-refractivity contribution in [2.45, 2.75) is 467 Å². The van der Waals surface area contributed by atoms with Crippen molar-refractivity contribution in [2.24, 2.45) is 0 Å². The maximum Gasteiger partial charge on any atom is 0.364 e. The van der Waals surface area contributed by atoms with E-state index in [2.05, 4.69) is 47.3 Å². The van der Waals surface area contributed by atoms with Crippen molar-refractivity contribution in [3.05, 3.63) is 24.3 Å². The van der Waals surface area contributed by atoms with Crippen LogP contribution in [0.1, 0.15) is 260 Å². The van der Waals surface area contributed by atoms with Gasteiger partial charge in [0.1, 0.15) is 141 Å². The summed E-state index contributed by atoms with van der Waals surface area (Å²) in [6, 6.07) is -7.01. The van der Waals surface area contributed by atoms with E-state index in [0.29, 0.717) is 12.8 Å². The zero-order valence-electron chi connectivity index (χ0n) is 79.4. The number of allylic oxidation sites excluding steroid dienone is 3. The number of aliphatic carboxylic acids is 2. The summed E-state index contributed by atoms with van der Waals surface area (Å²) >= 11 is 0. The van der Waals surface area contributed by atoms with Crippen molar-refractivity contribution in [1.29, 1.82) is 0 Å². The topological polar surface area (TPSA) is 692 Å². The smallest absolute Gasteiger partial charge is 0.364 e. The Kier molecular flexibility index (Phi) is 54.5. The molecule has 0 aliphatic carbocycles. The predicted molar refractivity (Wildman–Crippen MR) is 477 cm³/mol. The average molecular weight is 1960 g/mol. The highest BCUT2D eigenvalue weighted by Crippen LogP contribution is 2.43. The fourth-order valence-corrected chi connectivity index (χ4v) is 17.9. The van der Waals surface area contributed by atoms with Gasteiger partial charge in [-0.1, -0.05) is 192 Å². The van der Waals surface area contributed by atoms with Gasteiger partial charge in [-0.05, 0) is 44.9 Å². The summed E-state index contributed by atoms with van der Waals surface area (Å²) in [6.45, 7) is 0.293. The highest BCUT2D eigenvalue weighted by molar-refractivity contribution is 5.78. The number of carboxylic acid groups (broad SMARTS) is 2. The number of nitrogens with one attached hydrogen (secondary N) is 4. The number of carbonyl (C=O) groups excluding carboxylic acids is 5. The van der Waals surface area contributed by atoms with E-state index < -0.39 is 308 Å². The molecule has 788 valence electrons. The molecule has 0 spiro atoms. The van der Waals surface area contributed by atoms with Crippen LogP contribution in [-0.4, -0.2) is 397 Å². The number of esters is 1. The maximum atomic E-state index is 14.1. The summed E-state index contributed by atoms with van der Waals surface area (Å²) in [5, 5.41) is 239. The molecule has 0 saturated carbocycles. The molecule has 6 fully saturated rings. The van der Waals surface area contributed by atoms with Gasteiger partial charge in [-0.2, -0.15) is 0 Å². The Bertz CT molecular complexity index is 3490. The minimum absolute atomic E-state index is 0.0881. The van der Waals surface area contributed by atoms with E-state index in [0.717, 1.165) is 111 Å². The van der Waals surface area contributed by atoms with Gasteiger partial charge in [0, 0.05) is 47.0 Å². The van der Waals surface area contributed by atoms with Crippen LogP contribution in [-0.2, 0) is 95.1 Å². The van der Waals surface area contributed by atoms with Gasteiger partial charge < -0.3 is 185 Å². The Balaban J connectivity index is 1.27. The first kappa shape index (κ1) is 119. The van der Waals surface area contributed by atoms with Crippen LogP contribution in [0.3, 0.4) is 0 Å². The summed E-state index contributed by atoms with van der Waals surface area (Å²) in [6.07, 6.45) is -23.4. The van der Waals surface area contributed by atoms with Gasteiger partial charge >= 0.3 is 17.9 Å². The van der Waals surface area contributed by atoms with Gasteiger partial charge in [0.2, 0.25) is 23.6 Å². The Morgan fingerprint density at radius 3 is 1.21 bits per heavy atom. The first-order valence-electron chi connectivity index (χ1n) is 48.8. The van der Waals surface area contributed by atoms with Crippen molar-refractivity contribution in [3.8, 4) is 0 Å². The first-order valence-corrected chi connectivity index (χ1v) is 48.8. The van der Waals surface area contributed by atoms with E-state index in [1.807, 2.05) is 0 Å². The standard InChI is InChI=1S/C92H160N4O40/c1-7-9-11-13-15-17-19-21-22-23-24-25-26-27-28-30-32-34-36-38-40-42-66(111)96-56(57(106)41-39-37-35-33-31-29-20-18-16-14-12-10-8-2)50-125-86-75(117)74(116)78(64(48-100)128-86)130-88-77(119)84(136-92(90(122)123)44-59(108)67(93-52(3)102)81(133-92)70(112)60(109)45-97)79(65(49-101)129-88)131-85-69(95-54(5)104)80(72(114)62(46-98)126-85)132-87-76(118)83(73(115)63(47-99)127-87)135-91(89(120)121)43-58(107)68(94-53(4)103)82(134-91)71(113)61(110)51-124-55(6)105/h21-22,39,41,56-65,67-88,97-101,106-110,112-119H,7-20,23-38,40,42-51H2,1-6H3,(H,93,102)(H,94,103)(H,95,104)(H,96,111)(H,120,121)(H,122,123)/b22-21-,41-39+/t56-,57+,58?,59?,60+,61+,62?,63?,64?,65?,67+,68+,69?,70+,71+,72-,73-,74+,75?,76?,77?,78+,79-,80+,81?,82?,83-,84+,85-,86+,87-,88-,91-,92-/m0/s1. The molecule has 136 heavy (non-hydrogen) atoms. The largest absolute Gasteiger partial charge is 0.477 e. The fraction of sp³-hybridized carbons (Fsp3) is 0.880. The van der Waals surface area contributed by atoms with Crippen LogP contribution in [0, 0.1) is 0 Å². The molecular formula is C92H160N4O40. The molecule has 12 unspecified atom stereocenters. The Hall–Kier alpha value is -5.43. The second kappa shape index (κ2) is 62.2. The maximum absolute atomic E-state index is 14.1. The van der Waals surface area contributed by atoms with E-state index in [9.17, 15) is 136 Å². The van der Waals surface area contributed by atoms with Gasteiger partial charge in [-0.15, -0.1) is 0 Å².